The molecule has 4 heterocycles. The van der Waals surface area contributed by atoms with Gasteiger partial charge in [-0.15, -0.1) is 0 Å². The van der Waals surface area contributed by atoms with Crippen molar-refractivity contribution in [3.63, 3.8) is 0 Å². The summed E-state index contributed by atoms with van der Waals surface area (Å²) in [4.78, 5) is 52.1. The number of likely N-dealkylation sites (tertiary alicyclic amines) is 2. The zero-order valence-electron chi connectivity index (χ0n) is 26.9. The number of hydrogen-bond acceptors (Lipinski definition) is 5. The topological polar surface area (TPSA) is 77.1 Å². The third-order valence-electron chi connectivity index (χ3n) is 9.95. The molecule has 0 atom stereocenters. The lowest BCUT2D eigenvalue weighted by atomic mass is 9.93. The molecule has 1 aromatic heterocycles. The van der Waals surface area contributed by atoms with Gasteiger partial charge in [0.2, 0.25) is 11.8 Å². The summed E-state index contributed by atoms with van der Waals surface area (Å²) >= 11 is 0. The van der Waals surface area contributed by atoms with Gasteiger partial charge in [-0.25, -0.2) is 4.98 Å². The predicted octanol–water partition coefficient (Wildman–Crippen LogP) is 5.04. The summed E-state index contributed by atoms with van der Waals surface area (Å²) in [5, 5.41) is 0. The van der Waals surface area contributed by atoms with Crippen LogP contribution in [0, 0.1) is 19.8 Å². The lowest BCUT2D eigenvalue weighted by Gasteiger charge is -2.43. The van der Waals surface area contributed by atoms with E-state index in [-0.39, 0.29) is 23.6 Å². The second-order valence-electron chi connectivity index (χ2n) is 13.0. The highest BCUT2D eigenvalue weighted by Gasteiger charge is 2.34. The number of rotatable bonds is 5. The SMILES string of the molecule is CC(=O)N1CCC(C(=O)N2CCC(N3CCN(C(=O)c4cc(-c5ccc(C)cc5)nc(-c5ccc(C)cc5)c4)CC3)CC2)CC1. The highest BCUT2D eigenvalue weighted by atomic mass is 16.2. The number of pyridine rings is 1. The fourth-order valence-corrected chi connectivity index (χ4v) is 7.02. The second kappa shape index (κ2) is 13.5. The quantitative estimate of drug-likeness (QED) is 0.406. The summed E-state index contributed by atoms with van der Waals surface area (Å²) in [7, 11) is 0. The Kier molecular flexibility index (Phi) is 9.31. The molecule has 3 aromatic rings. The molecule has 0 saturated carbocycles. The van der Waals surface area contributed by atoms with Gasteiger partial charge in [0, 0.05) is 87.9 Å². The van der Waals surface area contributed by atoms with Crippen molar-refractivity contribution < 1.29 is 14.4 Å². The van der Waals surface area contributed by atoms with Crippen molar-refractivity contribution in [2.24, 2.45) is 5.92 Å². The Morgan fingerprint density at radius 1 is 0.622 bits per heavy atom. The van der Waals surface area contributed by atoms with Gasteiger partial charge in [-0.3, -0.25) is 19.3 Å². The van der Waals surface area contributed by atoms with Crippen LogP contribution in [0.3, 0.4) is 0 Å². The third-order valence-corrected chi connectivity index (χ3v) is 9.95. The molecule has 3 aliphatic heterocycles. The maximum Gasteiger partial charge on any atom is 0.254 e. The molecule has 3 aliphatic rings. The molecule has 2 aromatic carbocycles. The van der Waals surface area contributed by atoms with Gasteiger partial charge in [-0.05, 0) is 51.7 Å². The largest absolute Gasteiger partial charge is 0.343 e. The molecular weight excluding hydrogens is 562 g/mol. The molecule has 0 aliphatic carbocycles. The number of hydrogen-bond donors (Lipinski definition) is 0. The normalized spacial score (nSPS) is 18.7. The van der Waals surface area contributed by atoms with Gasteiger partial charge in [0.05, 0.1) is 11.4 Å². The number of nitrogens with zero attached hydrogens (tertiary/aromatic N) is 5. The molecule has 3 saturated heterocycles. The highest BCUT2D eigenvalue weighted by Crippen LogP contribution is 2.28. The number of benzene rings is 2. The van der Waals surface area contributed by atoms with E-state index in [2.05, 4.69) is 67.3 Å². The Morgan fingerprint density at radius 3 is 1.60 bits per heavy atom. The Balaban J connectivity index is 1.07. The Hall–Kier alpha value is -4.04. The van der Waals surface area contributed by atoms with Gasteiger partial charge in [0.25, 0.3) is 5.91 Å². The lowest BCUT2D eigenvalue weighted by molar-refractivity contribution is -0.141. The van der Waals surface area contributed by atoms with E-state index >= 15 is 0 Å². The van der Waals surface area contributed by atoms with Crippen LogP contribution in [-0.2, 0) is 9.59 Å². The number of piperidine rings is 2. The van der Waals surface area contributed by atoms with Crippen molar-refractivity contribution in [2.45, 2.75) is 52.5 Å². The van der Waals surface area contributed by atoms with Gasteiger partial charge in [0.1, 0.15) is 0 Å². The summed E-state index contributed by atoms with van der Waals surface area (Å²) in [5.74, 6) is 0.454. The molecule has 3 fully saturated rings. The zero-order chi connectivity index (χ0) is 31.5. The van der Waals surface area contributed by atoms with E-state index < -0.39 is 0 Å². The second-order valence-corrected chi connectivity index (χ2v) is 13.0. The Bertz CT molecular complexity index is 1450. The van der Waals surface area contributed by atoms with E-state index in [4.69, 9.17) is 4.98 Å². The van der Waals surface area contributed by atoms with Crippen molar-refractivity contribution in [2.75, 3.05) is 52.4 Å². The first-order valence-electron chi connectivity index (χ1n) is 16.5. The summed E-state index contributed by atoms with van der Waals surface area (Å²) in [5.41, 5.74) is 6.66. The summed E-state index contributed by atoms with van der Waals surface area (Å²) in [6.45, 7) is 11.8. The van der Waals surface area contributed by atoms with E-state index in [0.717, 1.165) is 74.4 Å². The molecule has 0 unspecified atom stereocenters. The minimum Gasteiger partial charge on any atom is -0.343 e. The van der Waals surface area contributed by atoms with Crippen LogP contribution >= 0.6 is 0 Å². The lowest BCUT2D eigenvalue weighted by Crippen LogP contribution is -2.55. The van der Waals surface area contributed by atoms with Crippen LogP contribution in [0.15, 0.2) is 60.7 Å². The number of carbonyl (C=O) groups excluding carboxylic acids is 3. The molecule has 0 spiro atoms. The number of aryl methyl sites for hydroxylation is 2. The third kappa shape index (κ3) is 7.12. The summed E-state index contributed by atoms with van der Waals surface area (Å²) in [6, 6.07) is 20.9. The monoisotopic (exact) mass is 607 g/mol. The number of amides is 3. The van der Waals surface area contributed by atoms with E-state index in [9.17, 15) is 14.4 Å². The standard InChI is InChI=1S/C37H45N5O3/c1-26-4-8-29(9-5-26)34-24-32(25-35(38-34)30-10-6-27(2)7-11-30)37(45)42-22-20-40(21-23-42)33-14-18-41(19-15-33)36(44)31-12-16-39(17-13-31)28(3)43/h4-11,24-25,31,33H,12-23H2,1-3H3. The number of piperazine rings is 1. The van der Waals surface area contributed by atoms with Gasteiger partial charge in [0.15, 0.2) is 0 Å². The maximum atomic E-state index is 13.9. The fourth-order valence-electron chi connectivity index (χ4n) is 7.02. The van der Waals surface area contributed by atoms with E-state index in [1.165, 1.54) is 11.1 Å². The van der Waals surface area contributed by atoms with Gasteiger partial charge < -0.3 is 14.7 Å². The Morgan fingerprint density at radius 2 is 1.11 bits per heavy atom. The van der Waals surface area contributed by atoms with Crippen LogP contribution in [0.2, 0.25) is 0 Å². The molecule has 236 valence electrons. The maximum absolute atomic E-state index is 13.9. The van der Waals surface area contributed by atoms with Crippen molar-refractivity contribution >= 4 is 17.7 Å². The average molecular weight is 608 g/mol. The van der Waals surface area contributed by atoms with Crippen LogP contribution < -0.4 is 0 Å². The molecular formula is C37H45N5O3. The first-order valence-corrected chi connectivity index (χ1v) is 16.5. The molecule has 3 amide bonds. The Labute approximate surface area is 267 Å². The minimum atomic E-state index is 0.0398. The van der Waals surface area contributed by atoms with Crippen LogP contribution in [0.4, 0.5) is 0 Å². The van der Waals surface area contributed by atoms with E-state index in [0.29, 0.717) is 37.8 Å². The molecule has 45 heavy (non-hydrogen) atoms. The fraction of sp³-hybridized carbons (Fsp3) is 0.459. The van der Waals surface area contributed by atoms with E-state index in [1.807, 2.05) is 26.8 Å². The van der Waals surface area contributed by atoms with Crippen molar-refractivity contribution in [3.05, 3.63) is 77.4 Å². The van der Waals surface area contributed by atoms with Gasteiger partial charge in [-0.1, -0.05) is 59.7 Å². The molecule has 0 radical (unpaired) electrons. The zero-order valence-corrected chi connectivity index (χ0v) is 26.9. The van der Waals surface area contributed by atoms with Crippen LogP contribution in [0.25, 0.3) is 22.5 Å². The number of aromatic nitrogens is 1. The summed E-state index contributed by atoms with van der Waals surface area (Å²) in [6.07, 6.45) is 3.47. The molecule has 0 N–H and O–H groups in total. The predicted molar refractivity (Wildman–Crippen MR) is 177 cm³/mol. The molecule has 0 bridgehead atoms. The first-order chi connectivity index (χ1) is 21.7. The highest BCUT2D eigenvalue weighted by molar-refractivity contribution is 5.96. The molecule has 8 heteroatoms. The smallest absolute Gasteiger partial charge is 0.254 e. The van der Waals surface area contributed by atoms with Crippen molar-refractivity contribution in [1.29, 1.82) is 0 Å². The van der Waals surface area contributed by atoms with Crippen LogP contribution in [0.5, 0.6) is 0 Å². The van der Waals surface area contributed by atoms with Crippen molar-refractivity contribution in [1.82, 2.24) is 24.6 Å². The average Bonchev–Trinajstić information content (AvgIpc) is 3.08. The van der Waals surface area contributed by atoms with E-state index in [1.54, 1.807) is 6.92 Å². The first kappa shape index (κ1) is 31.0. The van der Waals surface area contributed by atoms with Gasteiger partial charge in [-0.2, -0.15) is 0 Å². The van der Waals surface area contributed by atoms with Crippen LogP contribution in [0.1, 0.15) is 54.1 Å². The van der Waals surface area contributed by atoms with Gasteiger partial charge >= 0.3 is 0 Å². The molecule has 6 rings (SSSR count). The van der Waals surface area contributed by atoms with Crippen molar-refractivity contribution in [3.8, 4) is 22.5 Å². The molecule has 8 nitrogen and oxygen atoms in total. The summed E-state index contributed by atoms with van der Waals surface area (Å²) < 4.78 is 0. The number of carbonyl (C=O) groups is 3. The van der Waals surface area contributed by atoms with Crippen LogP contribution in [-0.4, -0.2) is 101 Å². The minimum absolute atomic E-state index is 0.0398.